The Kier molecular flexibility index (Phi) is 5.63. The highest BCUT2D eigenvalue weighted by atomic mass is 32.2. The maximum absolute atomic E-state index is 12.5. The van der Waals surface area contributed by atoms with E-state index in [0.29, 0.717) is 5.69 Å². The number of nitrogens with one attached hydrogen (secondary N) is 1. The quantitative estimate of drug-likeness (QED) is 0.603. The third kappa shape index (κ3) is 3.68. The Hall–Kier alpha value is -2.18. The SMILES string of the molecule is CCN(CCC#N)S(=O)(=O)c1cc(NC)ccc1[N+](=O)[O-]. The van der Waals surface area contributed by atoms with Crippen LogP contribution in [0.25, 0.3) is 0 Å². The minimum absolute atomic E-state index is 0.00370. The first-order chi connectivity index (χ1) is 9.88. The molecular weight excluding hydrogens is 296 g/mol. The zero-order valence-electron chi connectivity index (χ0n) is 11.7. The second-order valence-electron chi connectivity index (χ2n) is 4.09. The van der Waals surface area contributed by atoms with Gasteiger partial charge in [-0.3, -0.25) is 10.1 Å². The van der Waals surface area contributed by atoms with Crippen LogP contribution in [0.4, 0.5) is 11.4 Å². The molecular formula is C12H16N4O4S. The normalized spacial score (nSPS) is 11.1. The Morgan fingerprint density at radius 3 is 2.62 bits per heavy atom. The average molecular weight is 312 g/mol. The van der Waals surface area contributed by atoms with Crippen molar-refractivity contribution in [2.75, 3.05) is 25.5 Å². The number of sulfonamides is 1. The van der Waals surface area contributed by atoms with E-state index < -0.39 is 20.6 Å². The summed E-state index contributed by atoms with van der Waals surface area (Å²) in [5.74, 6) is 0. The third-order valence-electron chi connectivity index (χ3n) is 2.89. The zero-order chi connectivity index (χ0) is 16.0. The fourth-order valence-corrected chi connectivity index (χ4v) is 3.42. The molecule has 1 aromatic carbocycles. The Bertz CT molecular complexity index is 666. The summed E-state index contributed by atoms with van der Waals surface area (Å²) in [5, 5.41) is 22.4. The van der Waals surface area contributed by atoms with Crippen LogP contribution in [0.5, 0.6) is 0 Å². The number of benzene rings is 1. The van der Waals surface area contributed by atoms with Gasteiger partial charge in [0.15, 0.2) is 4.90 Å². The molecule has 0 saturated carbocycles. The average Bonchev–Trinajstić information content (AvgIpc) is 2.47. The van der Waals surface area contributed by atoms with E-state index in [1.54, 1.807) is 14.0 Å². The molecule has 0 bridgehead atoms. The molecule has 1 N–H and O–H groups in total. The third-order valence-corrected chi connectivity index (χ3v) is 4.89. The maximum Gasteiger partial charge on any atom is 0.289 e. The number of anilines is 1. The molecule has 9 heteroatoms. The Balaban J connectivity index is 3.40. The minimum Gasteiger partial charge on any atom is -0.388 e. The number of nitro groups is 1. The zero-order valence-corrected chi connectivity index (χ0v) is 12.6. The van der Waals surface area contributed by atoms with E-state index in [1.165, 1.54) is 12.1 Å². The summed E-state index contributed by atoms with van der Waals surface area (Å²) in [6.07, 6.45) is 0.0204. The molecule has 1 aromatic rings. The van der Waals surface area contributed by atoms with Crippen LogP contribution in [-0.4, -0.2) is 37.8 Å². The van der Waals surface area contributed by atoms with E-state index in [0.717, 1.165) is 10.4 Å². The van der Waals surface area contributed by atoms with E-state index >= 15 is 0 Å². The fraction of sp³-hybridized carbons (Fsp3) is 0.417. The maximum atomic E-state index is 12.5. The summed E-state index contributed by atoms with van der Waals surface area (Å²) in [5.41, 5.74) is -0.0279. The van der Waals surface area contributed by atoms with Gasteiger partial charge in [0.05, 0.1) is 11.0 Å². The highest BCUT2D eigenvalue weighted by molar-refractivity contribution is 7.89. The molecule has 0 heterocycles. The highest BCUT2D eigenvalue weighted by Crippen LogP contribution is 2.29. The number of nitro benzene ring substituents is 1. The van der Waals surface area contributed by atoms with Crippen molar-refractivity contribution >= 4 is 21.4 Å². The van der Waals surface area contributed by atoms with Gasteiger partial charge in [0.1, 0.15) is 0 Å². The van der Waals surface area contributed by atoms with Crippen LogP contribution in [0.15, 0.2) is 23.1 Å². The summed E-state index contributed by atoms with van der Waals surface area (Å²) in [4.78, 5) is 9.94. The topological polar surface area (TPSA) is 116 Å². The summed E-state index contributed by atoms with van der Waals surface area (Å²) >= 11 is 0. The lowest BCUT2D eigenvalue weighted by molar-refractivity contribution is -0.387. The predicted molar refractivity (Wildman–Crippen MR) is 77.3 cm³/mol. The van der Waals surface area contributed by atoms with Crippen molar-refractivity contribution in [2.45, 2.75) is 18.2 Å². The van der Waals surface area contributed by atoms with Crippen molar-refractivity contribution in [1.29, 1.82) is 5.26 Å². The van der Waals surface area contributed by atoms with Gasteiger partial charge < -0.3 is 5.32 Å². The van der Waals surface area contributed by atoms with E-state index in [9.17, 15) is 18.5 Å². The van der Waals surface area contributed by atoms with E-state index in [1.807, 2.05) is 6.07 Å². The standard InChI is InChI=1S/C12H16N4O4S/c1-3-15(8-4-7-13)21(19,20)12-9-10(14-2)5-6-11(12)16(17)18/h5-6,9,14H,3-4,8H2,1-2H3. The molecule has 0 fully saturated rings. The van der Waals surface area contributed by atoms with Crippen molar-refractivity contribution in [2.24, 2.45) is 0 Å². The highest BCUT2D eigenvalue weighted by Gasteiger charge is 2.30. The number of rotatable bonds is 7. The summed E-state index contributed by atoms with van der Waals surface area (Å²) in [6.45, 7) is 1.74. The second-order valence-corrected chi connectivity index (χ2v) is 6.00. The lowest BCUT2D eigenvalue weighted by atomic mass is 10.3. The first-order valence-electron chi connectivity index (χ1n) is 6.21. The Morgan fingerprint density at radius 2 is 2.14 bits per heavy atom. The smallest absolute Gasteiger partial charge is 0.289 e. The van der Waals surface area contributed by atoms with Gasteiger partial charge in [0.2, 0.25) is 10.0 Å². The monoisotopic (exact) mass is 312 g/mol. The van der Waals surface area contributed by atoms with Crippen LogP contribution >= 0.6 is 0 Å². The summed E-state index contributed by atoms with van der Waals surface area (Å²) < 4.78 is 26.1. The van der Waals surface area contributed by atoms with Gasteiger partial charge in [0.25, 0.3) is 5.69 Å². The van der Waals surface area contributed by atoms with Crippen LogP contribution in [0.1, 0.15) is 13.3 Å². The molecule has 0 radical (unpaired) electrons. The molecule has 0 amide bonds. The molecule has 8 nitrogen and oxygen atoms in total. The molecule has 0 aliphatic rings. The molecule has 0 aliphatic heterocycles. The van der Waals surface area contributed by atoms with Crippen molar-refractivity contribution in [3.05, 3.63) is 28.3 Å². The molecule has 0 aromatic heterocycles. The fourth-order valence-electron chi connectivity index (χ4n) is 1.79. The first kappa shape index (κ1) is 16.9. The van der Waals surface area contributed by atoms with Gasteiger partial charge in [-0.1, -0.05) is 6.92 Å². The van der Waals surface area contributed by atoms with Gasteiger partial charge in [-0.05, 0) is 12.1 Å². The van der Waals surface area contributed by atoms with Crippen molar-refractivity contribution in [3.8, 4) is 6.07 Å². The van der Waals surface area contributed by atoms with Crippen LogP contribution in [0.3, 0.4) is 0 Å². The molecule has 21 heavy (non-hydrogen) atoms. The van der Waals surface area contributed by atoms with Gasteiger partial charge in [-0.25, -0.2) is 8.42 Å². The Labute approximate surface area is 123 Å². The first-order valence-corrected chi connectivity index (χ1v) is 7.65. The van der Waals surface area contributed by atoms with Crippen molar-refractivity contribution in [3.63, 3.8) is 0 Å². The van der Waals surface area contributed by atoms with Crippen molar-refractivity contribution < 1.29 is 13.3 Å². The lowest BCUT2D eigenvalue weighted by Crippen LogP contribution is -2.32. The largest absolute Gasteiger partial charge is 0.388 e. The molecule has 0 saturated heterocycles. The Morgan fingerprint density at radius 1 is 1.48 bits per heavy atom. The molecule has 0 atom stereocenters. The van der Waals surface area contributed by atoms with Gasteiger partial charge >= 0.3 is 0 Å². The molecule has 114 valence electrons. The van der Waals surface area contributed by atoms with Gasteiger partial charge in [0, 0.05) is 38.3 Å². The van der Waals surface area contributed by atoms with Crippen LogP contribution in [0.2, 0.25) is 0 Å². The van der Waals surface area contributed by atoms with Gasteiger partial charge in [-0.15, -0.1) is 0 Å². The lowest BCUT2D eigenvalue weighted by Gasteiger charge is -2.19. The van der Waals surface area contributed by atoms with E-state index in [4.69, 9.17) is 5.26 Å². The van der Waals surface area contributed by atoms with Gasteiger partial charge in [-0.2, -0.15) is 9.57 Å². The molecule has 0 unspecified atom stereocenters. The minimum atomic E-state index is -4.03. The number of hydrogen-bond donors (Lipinski definition) is 1. The molecule has 0 aliphatic carbocycles. The number of hydrogen-bond acceptors (Lipinski definition) is 6. The van der Waals surface area contributed by atoms with Crippen LogP contribution < -0.4 is 5.32 Å². The summed E-state index contributed by atoms with van der Waals surface area (Å²) in [7, 11) is -2.44. The molecule has 0 spiro atoms. The van der Waals surface area contributed by atoms with E-state index in [-0.39, 0.29) is 24.4 Å². The number of nitrogens with zero attached hydrogens (tertiary/aromatic N) is 3. The van der Waals surface area contributed by atoms with Crippen LogP contribution in [0, 0.1) is 21.4 Å². The molecule has 1 rings (SSSR count). The summed E-state index contributed by atoms with van der Waals surface area (Å²) in [6, 6.07) is 5.67. The second kappa shape index (κ2) is 7.01. The predicted octanol–water partition coefficient (Wildman–Crippen LogP) is 1.56. The van der Waals surface area contributed by atoms with E-state index in [2.05, 4.69) is 5.32 Å². The van der Waals surface area contributed by atoms with Crippen molar-refractivity contribution in [1.82, 2.24) is 4.31 Å². The van der Waals surface area contributed by atoms with Crippen LogP contribution in [-0.2, 0) is 10.0 Å². The number of nitriles is 1.